The molecule has 4 nitrogen and oxygen atoms in total. The summed E-state index contributed by atoms with van der Waals surface area (Å²) in [6.07, 6.45) is 1.95. The van der Waals surface area contributed by atoms with Crippen molar-refractivity contribution in [1.82, 2.24) is 9.62 Å². The molecule has 6 heteroatoms. The van der Waals surface area contributed by atoms with Crippen molar-refractivity contribution in [2.24, 2.45) is 0 Å². The normalized spacial score (nSPS) is 16.0. The van der Waals surface area contributed by atoms with Crippen LogP contribution in [0.2, 0.25) is 0 Å². The number of benzene rings is 1. The number of nitrogens with one attached hydrogen (secondary N) is 1. The predicted molar refractivity (Wildman–Crippen MR) is 79.5 cm³/mol. The van der Waals surface area contributed by atoms with Gasteiger partial charge < -0.3 is 5.32 Å². The van der Waals surface area contributed by atoms with Gasteiger partial charge in [0, 0.05) is 23.6 Å². The molecule has 1 aliphatic rings. The van der Waals surface area contributed by atoms with Crippen LogP contribution in [0.25, 0.3) is 0 Å². The van der Waals surface area contributed by atoms with Crippen molar-refractivity contribution in [3.05, 3.63) is 28.2 Å². The highest BCUT2D eigenvalue weighted by molar-refractivity contribution is 9.10. The molecule has 1 aliphatic carbocycles. The quantitative estimate of drug-likeness (QED) is 0.859. The van der Waals surface area contributed by atoms with E-state index in [1.807, 2.05) is 20.0 Å². The highest BCUT2D eigenvalue weighted by Gasteiger charge is 2.37. The van der Waals surface area contributed by atoms with E-state index in [1.54, 1.807) is 16.4 Å². The van der Waals surface area contributed by atoms with E-state index in [9.17, 15) is 8.42 Å². The highest BCUT2D eigenvalue weighted by Crippen LogP contribution is 2.34. The van der Waals surface area contributed by atoms with E-state index in [2.05, 4.69) is 21.2 Å². The number of halogens is 1. The monoisotopic (exact) mass is 346 g/mol. The third kappa shape index (κ3) is 3.18. The first-order chi connectivity index (χ1) is 9.00. The molecule has 0 aliphatic heterocycles. The number of hydrogen-bond acceptors (Lipinski definition) is 3. The van der Waals surface area contributed by atoms with Gasteiger partial charge in [-0.2, -0.15) is 4.31 Å². The third-order valence-electron chi connectivity index (χ3n) is 3.23. The van der Waals surface area contributed by atoms with Crippen molar-refractivity contribution in [1.29, 1.82) is 0 Å². The molecule has 0 unspecified atom stereocenters. The van der Waals surface area contributed by atoms with E-state index >= 15 is 0 Å². The molecule has 0 saturated heterocycles. The molecule has 19 heavy (non-hydrogen) atoms. The van der Waals surface area contributed by atoms with E-state index in [0.717, 1.165) is 18.4 Å². The van der Waals surface area contributed by atoms with E-state index in [-0.39, 0.29) is 6.04 Å². The molecule has 0 amide bonds. The first kappa shape index (κ1) is 15.0. The van der Waals surface area contributed by atoms with Gasteiger partial charge >= 0.3 is 0 Å². The van der Waals surface area contributed by atoms with Crippen LogP contribution in [0.3, 0.4) is 0 Å². The molecular formula is C13H19BrN2O2S. The Hall–Kier alpha value is -0.430. The Morgan fingerprint density at radius 2 is 2.11 bits per heavy atom. The second-order valence-electron chi connectivity index (χ2n) is 4.73. The lowest BCUT2D eigenvalue weighted by atomic mass is 10.2. The van der Waals surface area contributed by atoms with Crippen LogP contribution in [0.4, 0.5) is 0 Å². The fourth-order valence-electron chi connectivity index (χ4n) is 2.17. The molecule has 0 radical (unpaired) electrons. The SMILES string of the molecule is CCN(C1CC1)S(=O)(=O)c1cc(CNC)ccc1Br. The van der Waals surface area contributed by atoms with Gasteiger partial charge in [0.2, 0.25) is 10.0 Å². The maximum Gasteiger partial charge on any atom is 0.244 e. The lowest BCUT2D eigenvalue weighted by Crippen LogP contribution is -2.33. The van der Waals surface area contributed by atoms with Gasteiger partial charge in [0.25, 0.3) is 0 Å². The number of rotatable bonds is 6. The minimum Gasteiger partial charge on any atom is -0.316 e. The molecule has 0 aromatic heterocycles. The maximum absolute atomic E-state index is 12.7. The molecule has 1 aromatic rings. The van der Waals surface area contributed by atoms with Gasteiger partial charge in [0.1, 0.15) is 0 Å². The summed E-state index contributed by atoms with van der Waals surface area (Å²) in [6, 6.07) is 5.67. The first-order valence-corrected chi connectivity index (χ1v) is 8.69. The third-order valence-corrected chi connectivity index (χ3v) is 6.25. The fourth-order valence-corrected chi connectivity index (χ4v) is 4.84. The molecule has 2 rings (SSSR count). The Bertz CT molecular complexity index is 556. The van der Waals surface area contributed by atoms with Crippen LogP contribution in [-0.2, 0) is 16.6 Å². The predicted octanol–water partition coefficient (Wildman–Crippen LogP) is 2.34. The van der Waals surface area contributed by atoms with Crippen LogP contribution >= 0.6 is 15.9 Å². The molecule has 106 valence electrons. The Balaban J connectivity index is 2.40. The number of hydrogen-bond donors (Lipinski definition) is 1. The van der Waals surface area contributed by atoms with Crippen molar-refractivity contribution in [2.75, 3.05) is 13.6 Å². The van der Waals surface area contributed by atoms with Crippen LogP contribution in [0.1, 0.15) is 25.3 Å². The van der Waals surface area contributed by atoms with Gasteiger partial charge in [-0.05, 0) is 53.5 Å². The molecule has 1 saturated carbocycles. The Morgan fingerprint density at radius 1 is 1.42 bits per heavy atom. The molecule has 0 heterocycles. The lowest BCUT2D eigenvalue weighted by Gasteiger charge is -2.21. The summed E-state index contributed by atoms with van der Waals surface area (Å²) in [6.45, 7) is 3.07. The van der Waals surface area contributed by atoms with Crippen molar-refractivity contribution in [3.8, 4) is 0 Å². The van der Waals surface area contributed by atoms with Crippen LogP contribution in [-0.4, -0.2) is 32.4 Å². The van der Waals surface area contributed by atoms with Gasteiger partial charge in [-0.3, -0.25) is 0 Å². The summed E-state index contributed by atoms with van der Waals surface area (Å²) < 4.78 is 27.6. The molecule has 1 aromatic carbocycles. The Kier molecular flexibility index (Phi) is 4.66. The zero-order valence-electron chi connectivity index (χ0n) is 11.2. The topological polar surface area (TPSA) is 49.4 Å². The summed E-state index contributed by atoms with van der Waals surface area (Å²) in [5.41, 5.74) is 0.969. The second-order valence-corrected chi connectivity index (χ2v) is 7.45. The first-order valence-electron chi connectivity index (χ1n) is 6.45. The van der Waals surface area contributed by atoms with E-state index in [4.69, 9.17) is 0 Å². The number of sulfonamides is 1. The summed E-state index contributed by atoms with van der Waals surface area (Å²) >= 11 is 3.36. The molecule has 1 N–H and O–H groups in total. The van der Waals surface area contributed by atoms with Gasteiger partial charge in [-0.25, -0.2) is 8.42 Å². The van der Waals surface area contributed by atoms with Crippen LogP contribution in [0.15, 0.2) is 27.6 Å². The minimum atomic E-state index is -3.40. The van der Waals surface area contributed by atoms with Crippen molar-refractivity contribution in [3.63, 3.8) is 0 Å². The Labute approximate surface area is 123 Å². The smallest absolute Gasteiger partial charge is 0.244 e. The number of nitrogens with zero attached hydrogens (tertiary/aromatic N) is 1. The van der Waals surface area contributed by atoms with Crippen molar-refractivity contribution < 1.29 is 8.42 Å². The van der Waals surface area contributed by atoms with Gasteiger partial charge in [-0.1, -0.05) is 13.0 Å². The maximum atomic E-state index is 12.7. The summed E-state index contributed by atoms with van der Waals surface area (Å²) in [7, 11) is -1.55. The summed E-state index contributed by atoms with van der Waals surface area (Å²) in [5.74, 6) is 0. The van der Waals surface area contributed by atoms with Crippen molar-refractivity contribution >= 4 is 26.0 Å². The van der Waals surface area contributed by atoms with Gasteiger partial charge in [-0.15, -0.1) is 0 Å². The molecule has 1 fully saturated rings. The van der Waals surface area contributed by atoms with Crippen LogP contribution in [0, 0.1) is 0 Å². The largest absolute Gasteiger partial charge is 0.316 e. The summed E-state index contributed by atoms with van der Waals surface area (Å²) in [5, 5.41) is 3.04. The van der Waals surface area contributed by atoms with Crippen LogP contribution < -0.4 is 5.32 Å². The highest BCUT2D eigenvalue weighted by atomic mass is 79.9. The standard InChI is InChI=1S/C13H19BrN2O2S/c1-3-16(11-5-6-11)19(17,18)13-8-10(9-15-2)4-7-12(13)14/h4,7-8,11,15H,3,5-6,9H2,1-2H3. The van der Waals surface area contributed by atoms with E-state index < -0.39 is 10.0 Å². The zero-order chi connectivity index (χ0) is 14.0. The average Bonchev–Trinajstić information content (AvgIpc) is 3.17. The van der Waals surface area contributed by atoms with Crippen molar-refractivity contribution in [2.45, 2.75) is 37.2 Å². The average molecular weight is 347 g/mol. The van der Waals surface area contributed by atoms with Gasteiger partial charge in [0.05, 0.1) is 4.90 Å². The minimum absolute atomic E-state index is 0.190. The van der Waals surface area contributed by atoms with Crippen LogP contribution in [0.5, 0.6) is 0 Å². The lowest BCUT2D eigenvalue weighted by molar-refractivity contribution is 0.420. The molecule has 0 spiro atoms. The molecule has 0 atom stereocenters. The zero-order valence-corrected chi connectivity index (χ0v) is 13.6. The second kappa shape index (κ2) is 5.91. The molecular weight excluding hydrogens is 328 g/mol. The van der Waals surface area contributed by atoms with E-state index in [1.165, 1.54) is 0 Å². The fraction of sp³-hybridized carbons (Fsp3) is 0.538. The van der Waals surface area contributed by atoms with Gasteiger partial charge in [0.15, 0.2) is 0 Å². The Morgan fingerprint density at radius 3 is 2.63 bits per heavy atom. The molecule has 0 bridgehead atoms. The summed E-state index contributed by atoms with van der Waals surface area (Å²) in [4.78, 5) is 0.369. The van der Waals surface area contributed by atoms with E-state index in [0.29, 0.717) is 22.5 Å².